The third-order valence-electron chi connectivity index (χ3n) is 5.50. The quantitative estimate of drug-likeness (QED) is 0.640. The number of aryl methyl sites for hydroxylation is 1. The van der Waals surface area contributed by atoms with Crippen LogP contribution in [0.4, 0.5) is 4.79 Å². The van der Waals surface area contributed by atoms with Crippen LogP contribution in [0.3, 0.4) is 0 Å². The number of hydrogen-bond donors (Lipinski definition) is 0. The van der Waals surface area contributed by atoms with E-state index < -0.39 is 17.6 Å². The van der Waals surface area contributed by atoms with Crippen LogP contribution in [0, 0.1) is 12.8 Å². The molecule has 3 rings (SSSR count). The molecule has 1 heterocycles. The molecule has 0 bridgehead atoms. The maximum atomic E-state index is 13.9. The van der Waals surface area contributed by atoms with E-state index in [0.717, 1.165) is 29.5 Å². The molecule has 1 aliphatic heterocycles. The van der Waals surface area contributed by atoms with E-state index in [4.69, 9.17) is 9.47 Å². The number of carbonyl (C=O) groups excluding carboxylic acids is 2. The Labute approximate surface area is 185 Å². The second kappa shape index (κ2) is 10.1. The normalized spacial score (nSPS) is 15.9. The smallest absolute Gasteiger partial charge is 0.417 e. The summed E-state index contributed by atoms with van der Waals surface area (Å²) in [6.45, 7) is 8.90. The second-order valence-corrected chi connectivity index (χ2v) is 9.23. The van der Waals surface area contributed by atoms with Crippen molar-refractivity contribution in [1.82, 2.24) is 4.90 Å². The molecule has 1 atom stereocenters. The summed E-state index contributed by atoms with van der Waals surface area (Å²) in [6.07, 6.45) is 0.973. The highest BCUT2D eigenvalue weighted by atomic mass is 16.6. The van der Waals surface area contributed by atoms with Gasteiger partial charge in [-0.05, 0) is 57.6 Å². The summed E-state index contributed by atoms with van der Waals surface area (Å²) in [4.78, 5) is 28.4. The first-order chi connectivity index (χ1) is 14.7. The summed E-state index contributed by atoms with van der Waals surface area (Å²) in [6, 6.07) is 17.6. The van der Waals surface area contributed by atoms with Gasteiger partial charge in [0.1, 0.15) is 5.60 Å². The zero-order valence-electron chi connectivity index (χ0n) is 19.0. The Morgan fingerprint density at radius 3 is 2.23 bits per heavy atom. The van der Waals surface area contributed by atoms with E-state index in [9.17, 15) is 9.59 Å². The first kappa shape index (κ1) is 23.0. The number of ether oxygens (including phenoxy) is 2. The van der Waals surface area contributed by atoms with Crippen LogP contribution >= 0.6 is 0 Å². The number of amides is 2. The fourth-order valence-corrected chi connectivity index (χ4v) is 3.92. The van der Waals surface area contributed by atoms with E-state index in [0.29, 0.717) is 13.2 Å². The summed E-state index contributed by atoms with van der Waals surface area (Å²) in [5, 5.41) is 0. The standard InChI is InChI=1S/C26H33NO4/c1-19-10-12-21(13-11-19)23(22-14-16-30-17-15-22)24(28)27(25(29)31-26(2,3)4)18-20-8-6-5-7-9-20/h5-13,22-23H,14-18H2,1-4H3. The minimum atomic E-state index is -0.690. The van der Waals surface area contributed by atoms with Gasteiger partial charge in [0.2, 0.25) is 5.91 Å². The maximum Gasteiger partial charge on any atom is 0.417 e. The van der Waals surface area contributed by atoms with E-state index >= 15 is 0 Å². The van der Waals surface area contributed by atoms with Crippen molar-refractivity contribution in [3.8, 4) is 0 Å². The van der Waals surface area contributed by atoms with Gasteiger partial charge in [-0.1, -0.05) is 60.2 Å². The number of benzene rings is 2. The topological polar surface area (TPSA) is 55.8 Å². The molecule has 166 valence electrons. The Bertz CT molecular complexity index is 865. The molecule has 0 saturated carbocycles. The van der Waals surface area contributed by atoms with Gasteiger partial charge in [-0.2, -0.15) is 0 Å². The molecule has 1 unspecified atom stereocenters. The highest BCUT2D eigenvalue weighted by molar-refractivity contribution is 5.96. The summed E-state index contributed by atoms with van der Waals surface area (Å²) >= 11 is 0. The molecular weight excluding hydrogens is 390 g/mol. The van der Waals surface area contributed by atoms with Crippen molar-refractivity contribution in [3.63, 3.8) is 0 Å². The van der Waals surface area contributed by atoms with Crippen molar-refractivity contribution in [3.05, 3.63) is 71.3 Å². The predicted octanol–water partition coefficient (Wildman–Crippen LogP) is 5.47. The molecule has 0 spiro atoms. The van der Waals surface area contributed by atoms with E-state index in [1.165, 1.54) is 4.90 Å². The molecule has 1 fully saturated rings. The van der Waals surface area contributed by atoms with Crippen LogP contribution < -0.4 is 0 Å². The van der Waals surface area contributed by atoms with Gasteiger partial charge < -0.3 is 9.47 Å². The monoisotopic (exact) mass is 423 g/mol. The second-order valence-electron chi connectivity index (χ2n) is 9.23. The van der Waals surface area contributed by atoms with E-state index in [-0.39, 0.29) is 18.4 Å². The average molecular weight is 424 g/mol. The minimum absolute atomic E-state index is 0.115. The molecule has 0 aliphatic carbocycles. The molecule has 0 radical (unpaired) electrons. The van der Waals surface area contributed by atoms with Gasteiger partial charge in [0.05, 0.1) is 12.5 Å². The Morgan fingerprint density at radius 1 is 1.03 bits per heavy atom. The van der Waals surface area contributed by atoms with Crippen LogP contribution in [0.25, 0.3) is 0 Å². The SMILES string of the molecule is Cc1ccc(C(C(=O)N(Cc2ccccc2)C(=O)OC(C)(C)C)C2CCOCC2)cc1. The number of imide groups is 1. The van der Waals surface area contributed by atoms with Crippen LogP contribution in [0.1, 0.15) is 56.2 Å². The molecule has 5 heteroatoms. The third kappa shape index (κ3) is 6.41. The van der Waals surface area contributed by atoms with E-state index in [2.05, 4.69) is 0 Å². The van der Waals surface area contributed by atoms with Crippen molar-refractivity contribution in [2.45, 2.75) is 58.6 Å². The number of carbonyl (C=O) groups is 2. The Hall–Kier alpha value is -2.66. The number of rotatable bonds is 5. The molecule has 31 heavy (non-hydrogen) atoms. The Kier molecular flexibility index (Phi) is 7.50. The minimum Gasteiger partial charge on any atom is -0.443 e. The van der Waals surface area contributed by atoms with Crippen LogP contribution in [-0.4, -0.2) is 35.7 Å². The Balaban J connectivity index is 1.97. The van der Waals surface area contributed by atoms with Gasteiger partial charge in [-0.25, -0.2) is 9.69 Å². The molecule has 2 amide bonds. The van der Waals surface area contributed by atoms with Crippen molar-refractivity contribution >= 4 is 12.0 Å². The van der Waals surface area contributed by atoms with Gasteiger partial charge in [0.15, 0.2) is 0 Å². The fourth-order valence-electron chi connectivity index (χ4n) is 3.92. The first-order valence-electron chi connectivity index (χ1n) is 11.0. The molecule has 5 nitrogen and oxygen atoms in total. The fraction of sp³-hybridized carbons (Fsp3) is 0.462. The van der Waals surface area contributed by atoms with Gasteiger partial charge >= 0.3 is 6.09 Å². The lowest BCUT2D eigenvalue weighted by atomic mass is 9.80. The number of hydrogen-bond acceptors (Lipinski definition) is 4. The van der Waals surface area contributed by atoms with E-state index in [1.54, 1.807) is 0 Å². The first-order valence-corrected chi connectivity index (χ1v) is 11.0. The molecule has 0 N–H and O–H groups in total. The maximum absolute atomic E-state index is 13.9. The lowest BCUT2D eigenvalue weighted by molar-refractivity contribution is -0.134. The lowest BCUT2D eigenvalue weighted by Gasteiger charge is -2.34. The van der Waals surface area contributed by atoms with Crippen LogP contribution in [-0.2, 0) is 20.8 Å². The largest absolute Gasteiger partial charge is 0.443 e. The number of nitrogens with zero attached hydrogens (tertiary/aromatic N) is 1. The van der Waals surface area contributed by atoms with Crippen molar-refractivity contribution in [1.29, 1.82) is 0 Å². The molecular formula is C26H33NO4. The zero-order chi connectivity index (χ0) is 22.4. The molecule has 1 aliphatic rings. The van der Waals surface area contributed by atoms with Gasteiger partial charge in [0.25, 0.3) is 0 Å². The summed E-state index contributed by atoms with van der Waals surface area (Å²) < 4.78 is 11.2. The van der Waals surface area contributed by atoms with Gasteiger partial charge in [-0.3, -0.25) is 4.79 Å². The molecule has 1 saturated heterocycles. The summed E-state index contributed by atoms with van der Waals surface area (Å²) in [7, 11) is 0. The van der Waals surface area contributed by atoms with E-state index in [1.807, 2.05) is 82.3 Å². The van der Waals surface area contributed by atoms with Crippen molar-refractivity contribution in [2.75, 3.05) is 13.2 Å². The molecule has 2 aromatic rings. The van der Waals surface area contributed by atoms with Crippen molar-refractivity contribution in [2.24, 2.45) is 5.92 Å². The van der Waals surface area contributed by atoms with Crippen LogP contribution in [0.5, 0.6) is 0 Å². The molecule has 0 aromatic heterocycles. The predicted molar refractivity (Wildman–Crippen MR) is 121 cm³/mol. The zero-order valence-corrected chi connectivity index (χ0v) is 19.0. The summed E-state index contributed by atoms with van der Waals surface area (Å²) in [5.74, 6) is -0.515. The average Bonchev–Trinajstić information content (AvgIpc) is 2.74. The highest BCUT2D eigenvalue weighted by Crippen LogP contribution is 2.35. The van der Waals surface area contributed by atoms with Gasteiger partial charge in [-0.15, -0.1) is 0 Å². The molecule has 2 aromatic carbocycles. The van der Waals surface area contributed by atoms with Crippen LogP contribution in [0.2, 0.25) is 0 Å². The lowest BCUT2D eigenvalue weighted by Crippen LogP contribution is -2.44. The third-order valence-corrected chi connectivity index (χ3v) is 5.50. The summed E-state index contributed by atoms with van der Waals surface area (Å²) in [5.41, 5.74) is 2.26. The van der Waals surface area contributed by atoms with Crippen molar-refractivity contribution < 1.29 is 19.1 Å². The highest BCUT2D eigenvalue weighted by Gasteiger charge is 2.38. The van der Waals surface area contributed by atoms with Crippen LogP contribution in [0.15, 0.2) is 54.6 Å². The Morgan fingerprint density at radius 2 is 1.65 bits per heavy atom. The van der Waals surface area contributed by atoms with Gasteiger partial charge in [0, 0.05) is 13.2 Å².